The number of nitrogens with zero attached hydrogens (tertiary/aromatic N) is 1. The van der Waals surface area contributed by atoms with Crippen LogP contribution < -0.4 is 4.74 Å². The predicted molar refractivity (Wildman–Crippen MR) is 80.0 cm³/mol. The maximum Gasteiger partial charge on any atom is 0.339 e. The summed E-state index contributed by atoms with van der Waals surface area (Å²) in [6.45, 7) is 1.76. The number of pyridine rings is 1. The Morgan fingerprint density at radius 3 is 2.62 bits per heavy atom. The standard InChI is InChI=1S/C15H12BrNO4/c1-2-13(18)12-5-4-10(8-17-12)21-14-6-3-9(16)7-11(14)15(19)20/h3-8H,2H2,1H3,(H,19,20). The molecule has 108 valence electrons. The Bertz CT molecular complexity index is 683. The molecule has 1 heterocycles. The van der Waals surface area contributed by atoms with E-state index < -0.39 is 5.97 Å². The molecule has 0 saturated heterocycles. The fraction of sp³-hybridized carbons (Fsp3) is 0.133. The van der Waals surface area contributed by atoms with Crippen LogP contribution in [-0.4, -0.2) is 21.8 Å². The molecule has 0 radical (unpaired) electrons. The van der Waals surface area contributed by atoms with Crippen LogP contribution in [0.15, 0.2) is 41.0 Å². The summed E-state index contributed by atoms with van der Waals surface area (Å²) in [5.74, 6) is -0.567. The van der Waals surface area contributed by atoms with Crippen LogP contribution in [0.25, 0.3) is 0 Å². The summed E-state index contributed by atoms with van der Waals surface area (Å²) in [6, 6.07) is 7.84. The van der Waals surface area contributed by atoms with E-state index >= 15 is 0 Å². The van der Waals surface area contributed by atoms with Gasteiger partial charge in [0.05, 0.1) is 6.20 Å². The van der Waals surface area contributed by atoms with E-state index in [2.05, 4.69) is 20.9 Å². The van der Waals surface area contributed by atoms with Crippen LogP contribution in [0.5, 0.6) is 11.5 Å². The zero-order valence-corrected chi connectivity index (χ0v) is 12.8. The molecule has 0 aliphatic carbocycles. The van der Waals surface area contributed by atoms with Crippen LogP contribution in [0.4, 0.5) is 0 Å². The minimum Gasteiger partial charge on any atom is -0.478 e. The zero-order valence-electron chi connectivity index (χ0n) is 11.2. The van der Waals surface area contributed by atoms with Gasteiger partial charge in [0.2, 0.25) is 0 Å². The topological polar surface area (TPSA) is 76.5 Å². The van der Waals surface area contributed by atoms with Crippen molar-refractivity contribution in [2.75, 3.05) is 0 Å². The largest absolute Gasteiger partial charge is 0.478 e. The number of aromatic carboxylic acids is 1. The van der Waals surface area contributed by atoms with Crippen molar-refractivity contribution in [3.05, 3.63) is 52.3 Å². The molecule has 21 heavy (non-hydrogen) atoms. The quantitative estimate of drug-likeness (QED) is 0.827. The minimum absolute atomic E-state index is 0.0399. The Balaban J connectivity index is 2.26. The van der Waals surface area contributed by atoms with Gasteiger partial charge in [-0.05, 0) is 30.3 Å². The predicted octanol–water partition coefficient (Wildman–Crippen LogP) is 3.93. The number of hydrogen-bond acceptors (Lipinski definition) is 4. The van der Waals surface area contributed by atoms with E-state index in [0.717, 1.165) is 0 Å². The molecule has 0 bridgehead atoms. The van der Waals surface area contributed by atoms with Crippen LogP contribution in [-0.2, 0) is 0 Å². The van der Waals surface area contributed by atoms with E-state index in [0.29, 0.717) is 22.3 Å². The van der Waals surface area contributed by atoms with Gasteiger partial charge in [-0.1, -0.05) is 22.9 Å². The van der Waals surface area contributed by atoms with Crippen molar-refractivity contribution in [1.82, 2.24) is 4.98 Å². The van der Waals surface area contributed by atoms with Gasteiger partial charge >= 0.3 is 5.97 Å². The Hall–Kier alpha value is -2.21. The number of rotatable bonds is 5. The highest BCUT2D eigenvalue weighted by molar-refractivity contribution is 9.10. The van der Waals surface area contributed by atoms with Gasteiger partial charge in [0.1, 0.15) is 22.8 Å². The first-order chi connectivity index (χ1) is 10.0. The maximum atomic E-state index is 11.5. The molecule has 0 fully saturated rings. The zero-order chi connectivity index (χ0) is 15.4. The van der Waals surface area contributed by atoms with E-state index in [9.17, 15) is 9.59 Å². The van der Waals surface area contributed by atoms with Gasteiger partial charge in [-0.25, -0.2) is 9.78 Å². The summed E-state index contributed by atoms with van der Waals surface area (Å²) in [5.41, 5.74) is 0.400. The lowest BCUT2D eigenvalue weighted by Gasteiger charge is -2.09. The van der Waals surface area contributed by atoms with Crippen molar-refractivity contribution < 1.29 is 19.4 Å². The maximum absolute atomic E-state index is 11.5. The molecule has 1 N–H and O–H groups in total. The van der Waals surface area contributed by atoms with E-state index in [1.807, 2.05) is 0 Å². The summed E-state index contributed by atoms with van der Waals surface area (Å²) >= 11 is 3.21. The summed E-state index contributed by atoms with van der Waals surface area (Å²) in [4.78, 5) is 26.7. The van der Waals surface area contributed by atoms with Crippen LogP contribution in [0.1, 0.15) is 34.2 Å². The fourth-order valence-corrected chi connectivity index (χ4v) is 2.03. The van der Waals surface area contributed by atoms with Crippen molar-refractivity contribution in [3.63, 3.8) is 0 Å². The molecular formula is C15H12BrNO4. The lowest BCUT2D eigenvalue weighted by Crippen LogP contribution is -2.02. The Labute approximate surface area is 129 Å². The second-order valence-electron chi connectivity index (χ2n) is 4.20. The molecular weight excluding hydrogens is 338 g/mol. The summed E-state index contributed by atoms with van der Waals surface area (Å²) < 4.78 is 6.17. The monoisotopic (exact) mass is 349 g/mol. The number of ketones is 1. The highest BCUT2D eigenvalue weighted by Gasteiger charge is 2.13. The van der Waals surface area contributed by atoms with Crippen molar-refractivity contribution in [1.29, 1.82) is 0 Å². The number of aromatic nitrogens is 1. The first-order valence-electron chi connectivity index (χ1n) is 6.21. The van der Waals surface area contributed by atoms with Gasteiger partial charge in [0, 0.05) is 10.9 Å². The second-order valence-corrected chi connectivity index (χ2v) is 5.12. The molecule has 0 saturated carbocycles. The SMILES string of the molecule is CCC(=O)c1ccc(Oc2ccc(Br)cc2C(=O)O)cn1. The number of ether oxygens (including phenoxy) is 1. The highest BCUT2D eigenvalue weighted by Crippen LogP contribution is 2.28. The molecule has 0 unspecified atom stereocenters. The smallest absolute Gasteiger partial charge is 0.339 e. The van der Waals surface area contributed by atoms with Gasteiger partial charge < -0.3 is 9.84 Å². The van der Waals surface area contributed by atoms with E-state index in [1.165, 1.54) is 12.3 Å². The van der Waals surface area contributed by atoms with E-state index in [4.69, 9.17) is 9.84 Å². The average molecular weight is 350 g/mol. The molecule has 0 aliphatic heterocycles. The third-order valence-corrected chi connectivity index (χ3v) is 3.24. The first-order valence-corrected chi connectivity index (χ1v) is 7.00. The van der Waals surface area contributed by atoms with Crippen molar-refractivity contribution in [2.45, 2.75) is 13.3 Å². The van der Waals surface area contributed by atoms with Crippen LogP contribution in [0, 0.1) is 0 Å². The van der Waals surface area contributed by atoms with Gasteiger partial charge in [-0.2, -0.15) is 0 Å². The Morgan fingerprint density at radius 1 is 1.29 bits per heavy atom. The average Bonchev–Trinajstić information content (AvgIpc) is 2.49. The second kappa shape index (κ2) is 6.49. The number of carboxylic acids is 1. The molecule has 6 heteroatoms. The molecule has 0 amide bonds. The molecule has 5 nitrogen and oxygen atoms in total. The Morgan fingerprint density at radius 2 is 2.05 bits per heavy atom. The number of hydrogen-bond donors (Lipinski definition) is 1. The van der Waals surface area contributed by atoms with Crippen LogP contribution >= 0.6 is 15.9 Å². The molecule has 0 spiro atoms. The van der Waals surface area contributed by atoms with Gasteiger partial charge in [-0.15, -0.1) is 0 Å². The number of benzene rings is 1. The normalized spacial score (nSPS) is 10.2. The lowest BCUT2D eigenvalue weighted by molar-refractivity contribution is 0.0694. The van der Waals surface area contributed by atoms with Crippen LogP contribution in [0.3, 0.4) is 0 Å². The number of carbonyl (C=O) groups excluding carboxylic acids is 1. The third kappa shape index (κ3) is 3.66. The number of carbonyl (C=O) groups is 2. The lowest BCUT2D eigenvalue weighted by atomic mass is 10.2. The van der Waals surface area contributed by atoms with Crippen molar-refractivity contribution >= 4 is 27.7 Å². The van der Waals surface area contributed by atoms with Gasteiger partial charge in [-0.3, -0.25) is 4.79 Å². The Kier molecular flexibility index (Phi) is 4.70. The van der Waals surface area contributed by atoms with Crippen LogP contribution in [0.2, 0.25) is 0 Å². The molecule has 1 aromatic carbocycles. The molecule has 0 atom stereocenters. The number of carboxylic acid groups (broad SMARTS) is 1. The molecule has 0 aliphatic rings. The summed E-state index contributed by atoms with van der Waals surface area (Å²) in [5, 5.41) is 9.16. The van der Waals surface area contributed by atoms with Gasteiger partial charge in [0.25, 0.3) is 0 Å². The summed E-state index contributed by atoms with van der Waals surface area (Å²) in [7, 11) is 0. The van der Waals surface area contributed by atoms with Crippen molar-refractivity contribution in [3.8, 4) is 11.5 Å². The summed E-state index contributed by atoms with van der Waals surface area (Å²) in [6.07, 6.45) is 1.78. The number of Topliss-reactive ketones (excluding diaryl/α,β-unsaturated/α-hetero) is 1. The molecule has 2 rings (SSSR count). The third-order valence-electron chi connectivity index (χ3n) is 2.74. The number of halogens is 1. The van der Waals surface area contributed by atoms with Gasteiger partial charge in [0.15, 0.2) is 5.78 Å². The fourth-order valence-electron chi connectivity index (χ4n) is 1.67. The minimum atomic E-state index is -1.09. The van der Waals surface area contributed by atoms with E-state index in [1.54, 1.807) is 31.2 Å². The molecule has 1 aromatic heterocycles. The highest BCUT2D eigenvalue weighted by atomic mass is 79.9. The molecule has 2 aromatic rings. The van der Waals surface area contributed by atoms with E-state index in [-0.39, 0.29) is 17.1 Å². The first kappa shape index (κ1) is 15.2. The van der Waals surface area contributed by atoms with Crippen molar-refractivity contribution in [2.24, 2.45) is 0 Å².